The lowest BCUT2D eigenvalue weighted by Crippen LogP contribution is -2.32. The number of rotatable bonds is 7. The minimum absolute atomic E-state index is 0.0175. The Hall–Kier alpha value is -3.66. The molecule has 0 fully saturated rings. The van der Waals surface area contributed by atoms with Gasteiger partial charge in [0.1, 0.15) is 5.76 Å². The fraction of sp³-hybridized carbons (Fsp3) is 0.154. The van der Waals surface area contributed by atoms with Crippen molar-refractivity contribution in [3.05, 3.63) is 114 Å². The Balaban J connectivity index is 1.53. The molecule has 4 nitrogen and oxygen atoms in total. The average Bonchev–Trinajstić information content (AvgIpc) is 3.18. The van der Waals surface area contributed by atoms with Gasteiger partial charge in [0.15, 0.2) is 0 Å². The molecule has 0 atom stereocenters. The maximum atomic E-state index is 13.2. The van der Waals surface area contributed by atoms with Crippen LogP contribution in [0, 0.1) is 6.92 Å². The van der Waals surface area contributed by atoms with Gasteiger partial charge in [0.25, 0.3) is 5.91 Å². The molecule has 0 radical (unpaired) electrons. The molecule has 1 aromatic heterocycles. The van der Waals surface area contributed by atoms with Gasteiger partial charge in [-0.3, -0.25) is 4.79 Å². The number of aromatic nitrogens is 1. The van der Waals surface area contributed by atoms with Gasteiger partial charge < -0.3 is 9.32 Å². The first-order chi connectivity index (χ1) is 14.7. The van der Waals surface area contributed by atoms with Gasteiger partial charge in [-0.1, -0.05) is 66.7 Å². The Morgan fingerprint density at radius 2 is 1.47 bits per heavy atom. The molecule has 0 saturated heterocycles. The molecule has 0 aliphatic heterocycles. The van der Waals surface area contributed by atoms with E-state index in [4.69, 9.17) is 4.42 Å². The predicted molar refractivity (Wildman–Crippen MR) is 118 cm³/mol. The highest BCUT2D eigenvalue weighted by molar-refractivity contribution is 5.94. The number of hydrogen-bond acceptors (Lipinski definition) is 3. The second-order valence-corrected chi connectivity index (χ2v) is 7.22. The van der Waals surface area contributed by atoms with Gasteiger partial charge in [-0.2, -0.15) is 0 Å². The lowest BCUT2D eigenvalue weighted by atomic mass is 10.1. The van der Waals surface area contributed by atoms with Gasteiger partial charge in [-0.15, -0.1) is 0 Å². The van der Waals surface area contributed by atoms with Crippen LogP contribution in [0.4, 0.5) is 0 Å². The van der Waals surface area contributed by atoms with Crippen molar-refractivity contribution in [2.24, 2.45) is 0 Å². The van der Waals surface area contributed by atoms with Crippen LogP contribution in [0.15, 0.2) is 95.4 Å². The molecule has 4 rings (SSSR count). The van der Waals surface area contributed by atoms with Crippen LogP contribution in [-0.4, -0.2) is 22.3 Å². The summed E-state index contributed by atoms with van der Waals surface area (Å²) in [6.07, 6.45) is 0.633. The van der Waals surface area contributed by atoms with Crippen molar-refractivity contribution in [3.63, 3.8) is 0 Å². The molecule has 1 amide bonds. The monoisotopic (exact) mass is 396 g/mol. The molecule has 0 saturated carbocycles. The van der Waals surface area contributed by atoms with E-state index in [1.54, 1.807) is 0 Å². The average molecular weight is 396 g/mol. The van der Waals surface area contributed by atoms with E-state index < -0.39 is 0 Å². The lowest BCUT2D eigenvalue weighted by molar-refractivity contribution is 0.0744. The predicted octanol–water partition coefficient (Wildman–Crippen LogP) is 5.54. The topological polar surface area (TPSA) is 46.3 Å². The summed E-state index contributed by atoms with van der Waals surface area (Å²) in [6, 6.07) is 29.3. The van der Waals surface area contributed by atoms with Crippen molar-refractivity contribution in [2.75, 3.05) is 6.54 Å². The van der Waals surface area contributed by atoms with Crippen LogP contribution < -0.4 is 0 Å². The molecular formula is C26H24N2O2. The highest BCUT2D eigenvalue weighted by Gasteiger charge is 2.18. The molecule has 0 aliphatic rings. The molecule has 30 heavy (non-hydrogen) atoms. The summed E-state index contributed by atoms with van der Waals surface area (Å²) in [5, 5.41) is 0. The first-order valence-electron chi connectivity index (χ1n) is 10.1. The molecule has 4 heteroatoms. The lowest BCUT2D eigenvalue weighted by Gasteiger charge is -2.23. The van der Waals surface area contributed by atoms with Crippen molar-refractivity contribution in [3.8, 4) is 11.5 Å². The summed E-state index contributed by atoms with van der Waals surface area (Å²) >= 11 is 0. The molecule has 0 bridgehead atoms. The number of aryl methyl sites for hydroxylation is 1. The molecule has 0 spiro atoms. The first-order valence-corrected chi connectivity index (χ1v) is 10.1. The number of amides is 1. The van der Waals surface area contributed by atoms with Gasteiger partial charge in [0, 0.05) is 30.6 Å². The first kappa shape index (κ1) is 19.6. The number of carbonyl (C=O) groups excluding carboxylic acids is 1. The van der Waals surface area contributed by atoms with Crippen molar-refractivity contribution >= 4 is 5.91 Å². The van der Waals surface area contributed by atoms with Gasteiger partial charge >= 0.3 is 0 Å². The number of benzene rings is 3. The molecule has 3 aromatic carbocycles. The van der Waals surface area contributed by atoms with Crippen LogP contribution in [0.5, 0.6) is 0 Å². The molecule has 0 aliphatic carbocycles. The van der Waals surface area contributed by atoms with Crippen LogP contribution in [0.3, 0.4) is 0 Å². The van der Waals surface area contributed by atoms with Crippen LogP contribution in [0.2, 0.25) is 0 Å². The van der Waals surface area contributed by atoms with E-state index in [1.807, 2.05) is 103 Å². The van der Waals surface area contributed by atoms with Gasteiger partial charge in [0.05, 0.1) is 5.69 Å². The van der Waals surface area contributed by atoms with Gasteiger partial charge in [-0.25, -0.2) is 4.98 Å². The molecule has 1 heterocycles. The van der Waals surface area contributed by atoms with Gasteiger partial charge in [-0.05, 0) is 36.8 Å². The van der Waals surface area contributed by atoms with E-state index in [-0.39, 0.29) is 5.91 Å². The van der Waals surface area contributed by atoms with E-state index in [1.165, 1.54) is 0 Å². The zero-order valence-corrected chi connectivity index (χ0v) is 17.0. The van der Waals surface area contributed by atoms with Gasteiger partial charge in [0.2, 0.25) is 5.89 Å². The van der Waals surface area contributed by atoms with Crippen molar-refractivity contribution < 1.29 is 9.21 Å². The third-order valence-electron chi connectivity index (χ3n) is 5.06. The third-order valence-corrected chi connectivity index (χ3v) is 5.06. The molecule has 0 N–H and O–H groups in total. The summed E-state index contributed by atoms with van der Waals surface area (Å²) in [7, 11) is 0. The fourth-order valence-electron chi connectivity index (χ4n) is 3.42. The van der Waals surface area contributed by atoms with E-state index >= 15 is 0 Å². The second-order valence-electron chi connectivity index (χ2n) is 7.22. The van der Waals surface area contributed by atoms with Crippen LogP contribution in [0.25, 0.3) is 11.5 Å². The summed E-state index contributed by atoms with van der Waals surface area (Å²) in [4.78, 5) is 19.7. The summed E-state index contributed by atoms with van der Waals surface area (Å²) < 4.78 is 5.88. The van der Waals surface area contributed by atoms with E-state index in [0.717, 1.165) is 22.6 Å². The Bertz CT molecular complexity index is 1090. The minimum atomic E-state index is 0.0175. The zero-order valence-electron chi connectivity index (χ0n) is 17.0. The zero-order chi connectivity index (χ0) is 20.8. The summed E-state index contributed by atoms with van der Waals surface area (Å²) in [6.45, 7) is 3.04. The molecule has 4 aromatic rings. The normalized spacial score (nSPS) is 10.7. The number of carbonyl (C=O) groups is 1. The smallest absolute Gasteiger partial charge is 0.254 e. The molecule has 150 valence electrons. The maximum absolute atomic E-state index is 13.2. The standard InChI is InChI=1S/C26H24N2O2/c1-20-24(27-25(30-20)22-13-7-3-8-14-22)17-18-28(19-21-11-5-2-6-12-21)26(29)23-15-9-4-10-16-23/h2-16H,17-19H2,1H3. The van der Waals surface area contributed by atoms with Crippen molar-refractivity contribution in [2.45, 2.75) is 19.9 Å². The SMILES string of the molecule is Cc1oc(-c2ccccc2)nc1CCN(Cc1ccccc1)C(=O)c1ccccc1. The molecular weight excluding hydrogens is 372 g/mol. The van der Waals surface area contributed by atoms with E-state index in [2.05, 4.69) is 4.98 Å². The molecule has 0 unspecified atom stereocenters. The number of hydrogen-bond donors (Lipinski definition) is 0. The Labute approximate surface area is 176 Å². The quantitative estimate of drug-likeness (QED) is 0.412. The summed E-state index contributed by atoms with van der Waals surface area (Å²) in [5.74, 6) is 1.43. The Morgan fingerprint density at radius 3 is 2.13 bits per heavy atom. The third kappa shape index (κ3) is 4.66. The largest absolute Gasteiger partial charge is 0.441 e. The fourth-order valence-corrected chi connectivity index (χ4v) is 3.42. The highest BCUT2D eigenvalue weighted by Crippen LogP contribution is 2.22. The number of nitrogens with zero attached hydrogens (tertiary/aromatic N) is 2. The minimum Gasteiger partial charge on any atom is -0.441 e. The van der Waals surface area contributed by atoms with Crippen molar-refractivity contribution in [1.82, 2.24) is 9.88 Å². The highest BCUT2D eigenvalue weighted by atomic mass is 16.4. The maximum Gasteiger partial charge on any atom is 0.254 e. The van der Waals surface area contributed by atoms with Crippen LogP contribution in [0.1, 0.15) is 27.4 Å². The summed E-state index contributed by atoms with van der Waals surface area (Å²) in [5.41, 5.74) is 3.63. The van der Waals surface area contributed by atoms with E-state index in [9.17, 15) is 4.79 Å². The van der Waals surface area contributed by atoms with Crippen molar-refractivity contribution in [1.29, 1.82) is 0 Å². The Kier molecular flexibility index (Phi) is 6.04. The Morgan fingerprint density at radius 1 is 0.867 bits per heavy atom. The van der Waals surface area contributed by atoms with Crippen LogP contribution in [-0.2, 0) is 13.0 Å². The number of oxazole rings is 1. The van der Waals surface area contributed by atoms with E-state index in [0.29, 0.717) is 31.0 Å². The van der Waals surface area contributed by atoms with Crippen LogP contribution >= 0.6 is 0 Å². The second kappa shape index (κ2) is 9.23.